The van der Waals surface area contributed by atoms with E-state index < -0.39 is 0 Å². The zero-order valence-electron chi connectivity index (χ0n) is 17.9. The monoisotopic (exact) mass is 412 g/mol. The van der Waals surface area contributed by atoms with E-state index in [9.17, 15) is 0 Å². The van der Waals surface area contributed by atoms with Crippen molar-refractivity contribution >= 4 is 5.96 Å². The van der Waals surface area contributed by atoms with E-state index in [4.69, 9.17) is 14.5 Å². The molecule has 30 heavy (non-hydrogen) atoms. The van der Waals surface area contributed by atoms with Crippen LogP contribution in [0.1, 0.15) is 48.9 Å². The van der Waals surface area contributed by atoms with E-state index in [1.54, 1.807) is 0 Å². The SMILES string of the molecule is Cc1nnc(CN=C(NCCCOCC2CC2)NC2CCOc3ccccc32)n1C. The highest BCUT2D eigenvalue weighted by atomic mass is 16.5. The number of para-hydroxylation sites is 1. The molecule has 1 saturated carbocycles. The molecule has 1 aliphatic carbocycles. The van der Waals surface area contributed by atoms with Gasteiger partial charge in [-0.05, 0) is 38.2 Å². The van der Waals surface area contributed by atoms with E-state index in [2.05, 4.69) is 26.9 Å². The van der Waals surface area contributed by atoms with E-state index in [0.29, 0.717) is 13.2 Å². The third-order valence-corrected chi connectivity index (χ3v) is 5.64. The standard InChI is InChI=1S/C22H32N6O2/c1-16-26-27-21(28(16)2)14-24-22(23-11-5-12-29-15-17-8-9-17)25-19-10-13-30-20-7-4-3-6-18(19)20/h3-4,6-7,17,19H,5,8-15H2,1-2H3,(H2,23,24,25). The summed E-state index contributed by atoms with van der Waals surface area (Å²) in [6.07, 6.45) is 4.49. The second-order valence-corrected chi connectivity index (χ2v) is 8.06. The molecule has 4 rings (SSSR count). The molecule has 1 atom stereocenters. The topological polar surface area (TPSA) is 85.6 Å². The van der Waals surface area contributed by atoms with Gasteiger partial charge in [-0.25, -0.2) is 4.99 Å². The summed E-state index contributed by atoms with van der Waals surface area (Å²) in [5.41, 5.74) is 1.17. The first-order valence-electron chi connectivity index (χ1n) is 10.9. The maximum absolute atomic E-state index is 5.79. The smallest absolute Gasteiger partial charge is 0.192 e. The van der Waals surface area contributed by atoms with Crippen LogP contribution in [0.3, 0.4) is 0 Å². The number of nitrogens with zero attached hydrogens (tertiary/aromatic N) is 4. The number of aliphatic imine (C=N–C) groups is 1. The summed E-state index contributed by atoms with van der Waals surface area (Å²) < 4.78 is 13.5. The van der Waals surface area contributed by atoms with Gasteiger partial charge < -0.3 is 24.7 Å². The molecule has 0 amide bonds. The largest absolute Gasteiger partial charge is 0.493 e. The third kappa shape index (κ3) is 5.50. The van der Waals surface area contributed by atoms with Crippen molar-refractivity contribution in [3.05, 3.63) is 41.5 Å². The van der Waals surface area contributed by atoms with E-state index in [0.717, 1.165) is 61.9 Å². The summed E-state index contributed by atoms with van der Waals surface area (Å²) in [5.74, 6) is 4.25. The summed E-state index contributed by atoms with van der Waals surface area (Å²) >= 11 is 0. The fourth-order valence-electron chi connectivity index (χ4n) is 3.46. The predicted molar refractivity (Wildman–Crippen MR) is 115 cm³/mol. The van der Waals surface area contributed by atoms with Crippen molar-refractivity contribution in [2.75, 3.05) is 26.4 Å². The molecule has 1 aromatic heterocycles. The molecule has 0 saturated heterocycles. The van der Waals surface area contributed by atoms with Crippen LogP contribution in [0.2, 0.25) is 0 Å². The number of nitrogens with one attached hydrogen (secondary N) is 2. The highest BCUT2D eigenvalue weighted by molar-refractivity contribution is 5.80. The van der Waals surface area contributed by atoms with Gasteiger partial charge in [-0.15, -0.1) is 10.2 Å². The Morgan fingerprint density at radius 3 is 2.93 bits per heavy atom. The average Bonchev–Trinajstić information content (AvgIpc) is 3.54. The molecule has 1 aromatic carbocycles. The van der Waals surface area contributed by atoms with Crippen LogP contribution in [0.25, 0.3) is 0 Å². The van der Waals surface area contributed by atoms with Crippen LogP contribution in [0.5, 0.6) is 5.75 Å². The molecule has 162 valence electrons. The summed E-state index contributed by atoms with van der Waals surface area (Å²) in [4.78, 5) is 4.78. The highest BCUT2D eigenvalue weighted by Gasteiger charge is 2.22. The first kappa shape index (κ1) is 20.7. The second-order valence-electron chi connectivity index (χ2n) is 8.06. The van der Waals surface area contributed by atoms with E-state index >= 15 is 0 Å². The van der Waals surface area contributed by atoms with E-state index in [1.807, 2.05) is 36.7 Å². The Balaban J connectivity index is 1.37. The van der Waals surface area contributed by atoms with Gasteiger partial charge in [-0.1, -0.05) is 18.2 Å². The van der Waals surface area contributed by atoms with Gasteiger partial charge in [-0.3, -0.25) is 0 Å². The minimum Gasteiger partial charge on any atom is -0.493 e. The number of guanidine groups is 1. The molecule has 2 aliphatic rings. The van der Waals surface area contributed by atoms with Crippen molar-refractivity contribution in [1.82, 2.24) is 25.4 Å². The second kappa shape index (κ2) is 9.93. The Kier molecular flexibility index (Phi) is 6.84. The lowest BCUT2D eigenvalue weighted by molar-refractivity contribution is 0.123. The fourth-order valence-corrected chi connectivity index (χ4v) is 3.46. The molecule has 0 bridgehead atoms. The van der Waals surface area contributed by atoms with Crippen molar-refractivity contribution < 1.29 is 9.47 Å². The zero-order chi connectivity index (χ0) is 20.8. The maximum Gasteiger partial charge on any atom is 0.192 e. The summed E-state index contributed by atoms with van der Waals surface area (Å²) in [7, 11) is 1.96. The summed E-state index contributed by atoms with van der Waals surface area (Å²) in [6, 6.07) is 8.35. The number of rotatable bonds is 9. The molecular formula is C22H32N6O2. The number of benzene rings is 1. The first-order valence-corrected chi connectivity index (χ1v) is 10.9. The predicted octanol–water partition coefficient (Wildman–Crippen LogP) is 2.50. The molecule has 8 heteroatoms. The normalized spacial score (nSPS) is 18.6. The lowest BCUT2D eigenvalue weighted by atomic mass is 10.0. The van der Waals surface area contributed by atoms with Gasteiger partial charge in [0.2, 0.25) is 0 Å². The van der Waals surface area contributed by atoms with Gasteiger partial charge in [-0.2, -0.15) is 0 Å². The van der Waals surface area contributed by atoms with Gasteiger partial charge in [0.25, 0.3) is 0 Å². The van der Waals surface area contributed by atoms with Crippen LogP contribution < -0.4 is 15.4 Å². The molecule has 2 aromatic rings. The molecule has 8 nitrogen and oxygen atoms in total. The number of ether oxygens (including phenoxy) is 2. The van der Waals surface area contributed by atoms with Crippen molar-refractivity contribution in [3.63, 3.8) is 0 Å². The van der Waals surface area contributed by atoms with Gasteiger partial charge in [0.1, 0.15) is 18.1 Å². The van der Waals surface area contributed by atoms with Crippen LogP contribution in [0, 0.1) is 12.8 Å². The number of aryl methyl sites for hydroxylation is 1. The Morgan fingerprint density at radius 1 is 1.27 bits per heavy atom. The lowest BCUT2D eigenvalue weighted by Gasteiger charge is -2.28. The molecular weight excluding hydrogens is 380 g/mol. The Morgan fingerprint density at radius 2 is 2.13 bits per heavy atom. The third-order valence-electron chi connectivity index (χ3n) is 5.64. The quantitative estimate of drug-likeness (QED) is 0.374. The minimum atomic E-state index is 0.161. The average molecular weight is 413 g/mol. The summed E-state index contributed by atoms with van der Waals surface area (Å²) in [5, 5.41) is 15.4. The lowest BCUT2D eigenvalue weighted by Crippen LogP contribution is -2.41. The Hall–Kier alpha value is -2.61. The van der Waals surface area contributed by atoms with E-state index in [1.165, 1.54) is 18.4 Å². The van der Waals surface area contributed by atoms with Crippen LogP contribution in [0.4, 0.5) is 0 Å². The molecule has 1 unspecified atom stereocenters. The Bertz CT molecular complexity index is 861. The number of aromatic nitrogens is 3. The van der Waals surface area contributed by atoms with Gasteiger partial charge >= 0.3 is 0 Å². The number of hydrogen-bond acceptors (Lipinski definition) is 5. The molecule has 1 aliphatic heterocycles. The maximum atomic E-state index is 5.79. The van der Waals surface area contributed by atoms with Crippen LogP contribution >= 0.6 is 0 Å². The van der Waals surface area contributed by atoms with Crippen molar-refractivity contribution in [3.8, 4) is 5.75 Å². The minimum absolute atomic E-state index is 0.161. The molecule has 2 N–H and O–H groups in total. The van der Waals surface area contributed by atoms with Crippen molar-refractivity contribution in [1.29, 1.82) is 0 Å². The molecule has 1 fully saturated rings. The number of fused-ring (bicyclic) bond motifs is 1. The zero-order valence-corrected chi connectivity index (χ0v) is 17.9. The molecule has 0 radical (unpaired) electrons. The van der Waals surface area contributed by atoms with Crippen LogP contribution in [0.15, 0.2) is 29.3 Å². The molecule has 0 spiro atoms. The highest BCUT2D eigenvalue weighted by Crippen LogP contribution is 2.31. The number of hydrogen-bond donors (Lipinski definition) is 2. The van der Waals surface area contributed by atoms with Crippen LogP contribution in [-0.2, 0) is 18.3 Å². The van der Waals surface area contributed by atoms with E-state index in [-0.39, 0.29) is 6.04 Å². The molecule has 2 heterocycles. The summed E-state index contributed by atoms with van der Waals surface area (Å²) in [6.45, 7) is 5.59. The van der Waals surface area contributed by atoms with Gasteiger partial charge in [0.05, 0.1) is 12.6 Å². The van der Waals surface area contributed by atoms with Crippen LogP contribution in [-0.4, -0.2) is 47.1 Å². The Labute approximate surface area is 178 Å². The fraction of sp³-hybridized carbons (Fsp3) is 0.591. The first-order chi connectivity index (χ1) is 14.7. The van der Waals surface area contributed by atoms with Crippen molar-refractivity contribution in [2.45, 2.75) is 45.2 Å². The van der Waals surface area contributed by atoms with Gasteiger partial charge in [0, 0.05) is 38.8 Å². The van der Waals surface area contributed by atoms with Gasteiger partial charge in [0.15, 0.2) is 11.8 Å². The van der Waals surface area contributed by atoms with Crippen molar-refractivity contribution in [2.24, 2.45) is 18.0 Å².